The van der Waals surface area contributed by atoms with Crippen molar-refractivity contribution in [3.05, 3.63) is 34.9 Å². The van der Waals surface area contributed by atoms with Gasteiger partial charge in [-0.25, -0.2) is 0 Å². The average molecular weight is 351 g/mol. The van der Waals surface area contributed by atoms with Crippen molar-refractivity contribution in [3.63, 3.8) is 0 Å². The Kier molecular flexibility index (Phi) is 5.92. The SMILES string of the molecule is CCC(CC)N1C(=O)[C@@](C)(CC(N)=O)CCC1c1ccc(Cl)cc1. The van der Waals surface area contributed by atoms with Gasteiger partial charge in [0.05, 0.1) is 11.5 Å². The minimum absolute atomic E-state index is 0.0284. The van der Waals surface area contributed by atoms with Crippen LogP contribution in [0.5, 0.6) is 0 Å². The van der Waals surface area contributed by atoms with Crippen LogP contribution in [0.15, 0.2) is 24.3 Å². The number of halogens is 1. The van der Waals surface area contributed by atoms with Gasteiger partial charge in [-0.1, -0.05) is 44.5 Å². The van der Waals surface area contributed by atoms with Gasteiger partial charge in [-0.3, -0.25) is 9.59 Å². The van der Waals surface area contributed by atoms with Crippen molar-refractivity contribution in [3.8, 4) is 0 Å². The van der Waals surface area contributed by atoms with Gasteiger partial charge in [0.15, 0.2) is 0 Å². The molecule has 132 valence electrons. The summed E-state index contributed by atoms with van der Waals surface area (Å²) in [6.07, 6.45) is 3.38. The minimum Gasteiger partial charge on any atom is -0.370 e. The highest BCUT2D eigenvalue weighted by Gasteiger charge is 2.46. The van der Waals surface area contributed by atoms with Gasteiger partial charge in [0.1, 0.15) is 0 Å². The smallest absolute Gasteiger partial charge is 0.229 e. The number of nitrogens with two attached hydrogens (primary N) is 1. The van der Waals surface area contributed by atoms with Crippen LogP contribution in [0.2, 0.25) is 5.02 Å². The number of likely N-dealkylation sites (tertiary alicyclic amines) is 1. The maximum absolute atomic E-state index is 13.3. The van der Waals surface area contributed by atoms with E-state index in [1.54, 1.807) is 0 Å². The summed E-state index contributed by atoms with van der Waals surface area (Å²) < 4.78 is 0. The number of nitrogens with zero attached hydrogens (tertiary/aromatic N) is 1. The van der Waals surface area contributed by atoms with E-state index in [0.717, 1.165) is 24.8 Å². The van der Waals surface area contributed by atoms with E-state index < -0.39 is 11.3 Å². The van der Waals surface area contributed by atoms with Crippen LogP contribution in [-0.4, -0.2) is 22.8 Å². The van der Waals surface area contributed by atoms with E-state index in [-0.39, 0.29) is 24.4 Å². The standard InChI is InChI=1S/C19H27ClN2O2/c1-4-15(5-2)22-16(13-6-8-14(20)9-7-13)10-11-19(3,18(22)24)12-17(21)23/h6-9,15-16H,4-5,10-12H2,1-3H3,(H2,21,23)/t16?,19-/m1/s1. The summed E-state index contributed by atoms with van der Waals surface area (Å²) in [7, 11) is 0. The van der Waals surface area contributed by atoms with Gasteiger partial charge >= 0.3 is 0 Å². The lowest BCUT2D eigenvalue weighted by atomic mass is 9.74. The molecule has 1 aromatic carbocycles. The van der Waals surface area contributed by atoms with Crippen LogP contribution < -0.4 is 5.73 Å². The molecule has 1 aromatic rings. The number of hydrogen-bond acceptors (Lipinski definition) is 2. The van der Waals surface area contributed by atoms with E-state index in [9.17, 15) is 9.59 Å². The highest BCUT2D eigenvalue weighted by atomic mass is 35.5. The first kappa shape index (κ1) is 18.8. The van der Waals surface area contributed by atoms with E-state index >= 15 is 0 Å². The summed E-state index contributed by atoms with van der Waals surface area (Å²) in [4.78, 5) is 26.7. The fraction of sp³-hybridized carbons (Fsp3) is 0.579. The van der Waals surface area contributed by atoms with Crippen molar-refractivity contribution in [2.75, 3.05) is 0 Å². The molecule has 1 saturated heterocycles. The number of carbonyl (C=O) groups excluding carboxylic acids is 2. The predicted octanol–water partition coefficient (Wildman–Crippen LogP) is 4.07. The predicted molar refractivity (Wildman–Crippen MR) is 96.6 cm³/mol. The van der Waals surface area contributed by atoms with Gasteiger partial charge < -0.3 is 10.6 Å². The Morgan fingerprint density at radius 1 is 1.33 bits per heavy atom. The zero-order chi connectivity index (χ0) is 17.9. The number of amides is 2. The van der Waals surface area contributed by atoms with Crippen LogP contribution in [0.1, 0.15) is 64.5 Å². The molecule has 2 N–H and O–H groups in total. The molecule has 1 aliphatic rings. The Bertz CT molecular complexity index is 598. The normalized spacial score (nSPS) is 24.5. The minimum atomic E-state index is -0.697. The van der Waals surface area contributed by atoms with Crippen molar-refractivity contribution in [2.24, 2.45) is 11.1 Å². The van der Waals surface area contributed by atoms with Crippen LogP contribution in [0.25, 0.3) is 0 Å². The number of hydrogen-bond donors (Lipinski definition) is 1. The van der Waals surface area contributed by atoms with E-state index in [0.29, 0.717) is 11.4 Å². The van der Waals surface area contributed by atoms with Crippen LogP contribution in [0.3, 0.4) is 0 Å². The quantitative estimate of drug-likeness (QED) is 0.840. The van der Waals surface area contributed by atoms with E-state index in [2.05, 4.69) is 13.8 Å². The molecular weight excluding hydrogens is 324 g/mol. The Morgan fingerprint density at radius 2 is 1.92 bits per heavy atom. The Hall–Kier alpha value is -1.55. The lowest BCUT2D eigenvalue weighted by Crippen LogP contribution is -2.53. The summed E-state index contributed by atoms with van der Waals surface area (Å²) in [6.45, 7) is 6.06. The Labute approximate surface area is 149 Å². The molecule has 24 heavy (non-hydrogen) atoms. The first-order valence-electron chi connectivity index (χ1n) is 8.69. The Morgan fingerprint density at radius 3 is 2.42 bits per heavy atom. The molecule has 2 atom stereocenters. The van der Waals surface area contributed by atoms with Crippen molar-refractivity contribution < 1.29 is 9.59 Å². The van der Waals surface area contributed by atoms with Crippen LogP contribution in [0, 0.1) is 5.41 Å². The maximum Gasteiger partial charge on any atom is 0.229 e. The summed E-state index contributed by atoms with van der Waals surface area (Å²) in [6, 6.07) is 7.90. The van der Waals surface area contributed by atoms with Gasteiger partial charge in [0.2, 0.25) is 11.8 Å². The van der Waals surface area contributed by atoms with Crippen molar-refractivity contribution in [1.82, 2.24) is 4.90 Å². The molecule has 0 bridgehead atoms. The lowest BCUT2D eigenvalue weighted by molar-refractivity contribution is -0.155. The zero-order valence-electron chi connectivity index (χ0n) is 14.7. The van der Waals surface area contributed by atoms with Crippen LogP contribution >= 0.6 is 11.6 Å². The second-order valence-electron chi connectivity index (χ2n) is 6.99. The maximum atomic E-state index is 13.3. The third kappa shape index (κ3) is 3.75. The number of benzene rings is 1. The highest BCUT2D eigenvalue weighted by molar-refractivity contribution is 6.30. The van der Waals surface area contributed by atoms with E-state index in [4.69, 9.17) is 17.3 Å². The van der Waals surface area contributed by atoms with Crippen LogP contribution in [-0.2, 0) is 9.59 Å². The second-order valence-corrected chi connectivity index (χ2v) is 7.43. The lowest BCUT2D eigenvalue weighted by Gasteiger charge is -2.48. The number of primary amides is 1. The van der Waals surface area contributed by atoms with Crippen molar-refractivity contribution in [2.45, 2.75) is 65.0 Å². The van der Waals surface area contributed by atoms with Gasteiger partial charge in [0, 0.05) is 17.5 Å². The molecule has 0 spiro atoms. The molecule has 2 amide bonds. The molecular formula is C19H27ClN2O2. The van der Waals surface area contributed by atoms with Gasteiger partial charge in [-0.2, -0.15) is 0 Å². The van der Waals surface area contributed by atoms with E-state index in [1.807, 2.05) is 36.1 Å². The molecule has 0 saturated carbocycles. The van der Waals surface area contributed by atoms with Crippen molar-refractivity contribution in [1.29, 1.82) is 0 Å². The molecule has 1 heterocycles. The average Bonchev–Trinajstić information content (AvgIpc) is 2.53. The summed E-state index contributed by atoms with van der Waals surface area (Å²) >= 11 is 6.00. The second kappa shape index (κ2) is 7.56. The first-order chi connectivity index (χ1) is 11.3. The third-order valence-corrected chi connectivity index (χ3v) is 5.46. The van der Waals surface area contributed by atoms with Gasteiger partial charge in [0.25, 0.3) is 0 Å². The molecule has 2 rings (SSSR count). The zero-order valence-corrected chi connectivity index (χ0v) is 15.5. The largest absolute Gasteiger partial charge is 0.370 e. The monoisotopic (exact) mass is 350 g/mol. The Balaban J connectivity index is 2.40. The van der Waals surface area contributed by atoms with Gasteiger partial charge in [-0.05, 0) is 43.4 Å². The first-order valence-corrected chi connectivity index (χ1v) is 9.06. The van der Waals surface area contributed by atoms with Crippen LogP contribution in [0.4, 0.5) is 0 Å². The fourth-order valence-corrected chi connectivity index (χ4v) is 3.94. The number of piperidine rings is 1. The highest BCUT2D eigenvalue weighted by Crippen LogP contribution is 2.44. The molecule has 1 aliphatic heterocycles. The molecule has 1 unspecified atom stereocenters. The molecule has 0 aliphatic carbocycles. The fourth-order valence-electron chi connectivity index (χ4n) is 3.82. The van der Waals surface area contributed by atoms with Gasteiger partial charge in [-0.15, -0.1) is 0 Å². The molecule has 4 nitrogen and oxygen atoms in total. The van der Waals surface area contributed by atoms with Crippen molar-refractivity contribution >= 4 is 23.4 Å². The topological polar surface area (TPSA) is 63.4 Å². The summed E-state index contributed by atoms with van der Waals surface area (Å²) in [5.41, 5.74) is 5.80. The number of carbonyl (C=O) groups is 2. The molecule has 5 heteroatoms. The molecule has 0 aromatic heterocycles. The molecule has 0 radical (unpaired) electrons. The summed E-state index contributed by atoms with van der Waals surface area (Å²) in [5, 5.41) is 0.688. The van der Waals surface area contributed by atoms with E-state index in [1.165, 1.54) is 0 Å². The summed E-state index contributed by atoms with van der Waals surface area (Å²) in [5.74, 6) is -0.374. The molecule has 1 fully saturated rings. The third-order valence-electron chi connectivity index (χ3n) is 5.21. The number of rotatable bonds is 6.